The van der Waals surface area contributed by atoms with Crippen LogP contribution in [0.5, 0.6) is 5.75 Å². The molecule has 3 nitrogen and oxygen atoms in total. The van der Waals surface area contributed by atoms with Crippen molar-refractivity contribution in [3.8, 4) is 5.75 Å². The number of benzene rings is 1. The lowest BCUT2D eigenvalue weighted by molar-refractivity contribution is 0.131. The number of hydrogen-bond donors (Lipinski definition) is 1. The molecule has 0 heterocycles. The zero-order valence-electron chi connectivity index (χ0n) is 10.8. The number of nitrogens with two attached hydrogens (primary N) is 1. The summed E-state index contributed by atoms with van der Waals surface area (Å²) in [7, 11) is 0. The highest BCUT2D eigenvalue weighted by molar-refractivity contribution is 5.28. The smallest absolute Gasteiger partial charge is 0.119 e. The molecular weight excluding hydrogens is 214 g/mol. The first-order valence-electron chi connectivity index (χ1n) is 6.34. The maximum Gasteiger partial charge on any atom is 0.119 e. The van der Waals surface area contributed by atoms with E-state index in [1.54, 1.807) is 0 Å². The van der Waals surface area contributed by atoms with Gasteiger partial charge in [-0.3, -0.25) is 0 Å². The number of hydrogen-bond acceptors (Lipinski definition) is 3. The van der Waals surface area contributed by atoms with Crippen LogP contribution in [0.1, 0.15) is 38.3 Å². The SMILES string of the molecule is CCOCCCOc1ccc([C@H](N)CC)cc1. The second-order valence-corrected chi connectivity index (χ2v) is 3.98. The third-order valence-electron chi connectivity index (χ3n) is 2.65. The fourth-order valence-corrected chi connectivity index (χ4v) is 1.54. The van der Waals surface area contributed by atoms with Gasteiger partial charge in [0.2, 0.25) is 0 Å². The van der Waals surface area contributed by atoms with E-state index in [4.69, 9.17) is 15.2 Å². The Kier molecular flexibility index (Phi) is 6.67. The molecule has 0 aliphatic heterocycles. The number of ether oxygens (including phenoxy) is 2. The van der Waals surface area contributed by atoms with E-state index in [1.165, 1.54) is 0 Å². The molecule has 0 fully saturated rings. The lowest BCUT2D eigenvalue weighted by Gasteiger charge is -2.10. The summed E-state index contributed by atoms with van der Waals surface area (Å²) in [6.07, 6.45) is 1.87. The first-order valence-corrected chi connectivity index (χ1v) is 6.34. The molecule has 17 heavy (non-hydrogen) atoms. The van der Waals surface area contributed by atoms with Crippen LogP contribution in [0, 0.1) is 0 Å². The molecule has 1 aromatic rings. The van der Waals surface area contributed by atoms with Crippen LogP contribution in [-0.2, 0) is 4.74 Å². The van der Waals surface area contributed by atoms with Crippen LogP contribution in [0.25, 0.3) is 0 Å². The standard InChI is InChI=1S/C14H23NO2/c1-3-14(15)12-6-8-13(9-7-12)17-11-5-10-16-4-2/h6-9,14H,3-5,10-11,15H2,1-2H3/t14-/m1/s1. The average Bonchev–Trinajstić information content (AvgIpc) is 2.38. The molecule has 0 bridgehead atoms. The maximum atomic E-state index is 5.94. The van der Waals surface area contributed by atoms with Crippen LogP contribution in [0.15, 0.2) is 24.3 Å². The van der Waals surface area contributed by atoms with Crippen molar-refractivity contribution in [2.45, 2.75) is 32.7 Å². The normalized spacial score (nSPS) is 12.4. The van der Waals surface area contributed by atoms with Gasteiger partial charge in [0.25, 0.3) is 0 Å². The highest BCUT2D eigenvalue weighted by atomic mass is 16.5. The van der Waals surface area contributed by atoms with Gasteiger partial charge in [0.05, 0.1) is 6.61 Å². The molecule has 1 atom stereocenters. The molecule has 96 valence electrons. The largest absolute Gasteiger partial charge is 0.494 e. The molecule has 0 saturated heterocycles. The lowest BCUT2D eigenvalue weighted by Crippen LogP contribution is -2.08. The molecule has 0 unspecified atom stereocenters. The zero-order chi connectivity index (χ0) is 12.5. The second-order valence-electron chi connectivity index (χ2n) is 3.98. The average molecular weight is 237 g/mol. The summed E-state index contributed by atoms with van der Waals surface area (Å²) in [4.78, 5) is 0. The maximum absolute atomic E-state index is 5.94. The molecule has 0 amide bonds. The fourth-order valence-electron chi connectivity index (χ4n) is 1.54. The van der Waals surface area contributed by atoms with Gasteiger partial charge in [0, 0.05) is 25.7 Å². The van der Waals surface area contributed by atoms with Crippen LogP contribution in [-0.4, -0.2) is 19.8 Å². The van der Waals surface area contributed by atoms with Crippen molar-refractivity contribution in [1.82, 2.24) is 0 Å². The van der Waals surface area contributed by atoms with E-state index < -0.39 is 0 Å². The van der Waals surface area contributed by atoms with Crippen molar-refractivity contribution in [2.24, 2.45) is 5.73 Å². The quantitative estimate of drug-likeness (QED) is 0.707. The molecular formula is C14H23NO2. The minimum atomic E-state index is 0.127. The molecule has 0 radical (unpaired) electrons. The summed E-state index contributed by atoms with van der Waals surface area (Å²) >= 11 is 0. The van der Waals surface area contributed by atoms with Gasteiger partial charge in [0.15, 0.2) is 0 Å². The minimum Gasteiger partial charge on any atom is -0.494 e. The Morgan fingerprint density at radius 2 is 1.82 bits per heavy atom. The van der Waals surface area contributed by atoms with Crippen LogP contribution in [0.4, 0.5) is 0 Å². The van der Waals surface area contributed by atoms with Crippen molar-refractivity contribution >= 4 is 0 Å². The van der Waals surface area contributed by atoms with Crippen LogP contribution in [0.3, 0.4) is 0 Å². The molecule has 3 heteroatoms. The van der Waals surface area contributed by atoms with Gasteiger partial charge in [-0.25, -0.2) is 0 Å². The summed E-state index contributed by atoms with van der Waals surface area (Å²) in [6, 6.07) is 8.15. The van der Waals surface area contributed by atoms with Gasteiger partial charge in [-0.05, 0) is 31.0 Å². The minimum absolute atomic E-state index is 0.127. The van der Waals surface area contributed by atoms with E-state index in [2.05, 4.69) is 6.92 Å². The molecule has 2 N–H and O–H groups in total. The Balaban J connectivity index is 2.30. The van der Waals surface area contributed by atoms with Crippen molar-refractivity contribution in [3.05, 3.63) is 29.8 Å². The first-order chi connectivity index (χ1) is 8.27. The van der Waals surface area contributed by atoms with Crippen LogP contribution < -0.4 is 10.5 Å². The van der Waals surface area contributed by atoms with Crippen LogP contribution >= 0.6 is 0 Å². The van der Waals surface area contributed by atoms with E-state index >= 15 is 0 Å². The molecule has 0 aromatic heterocycles. The van der Waals surface area contributed by atoms with Crippen molar-refractivity contribution < 1.29 is 9.47 Å². The summed E-state index contributed by atoms with van der Waals surface area (Å²) in [5, 5.41) is 0. The highest BCUT2D eigenvalue weighted by Crippen LogP contribution is 2.18. The Morgan fingerprint density at radius 3 is 2.41 bits per heavy atom. The molecule has 0 aliphatic rings. The van der Waals surface area contributed by atoms with E-state index in [0.717, 1.165) is 37.4 Å². The molecule has 0 aliphatic carbocycles. The van der Waals surface area contributed by atoms with Crippen molar-refractivity contribution in [3.63, 3.8) is 0 Å². The van der Waals surface area contributed by atoms with Crippen molar-refractivity contribution in [1.29, 1.82) is 0 Å². The Hall–Kier alpha value is -1.06. The van der Waals surface area contributed by atoms with Gasteiger partial charge in [0.1, 0.15) is 5.75 Å². The molecule has 0 saturated carbocycles. The van der Waals surface area contributed by atoms with E-state index in [0.29, 0.717) is 6.61 Å². The Labute approximate surface area is 104 Å². The molecule has 1 rings (SSSR count). The lowest BCUT2D eigenvalue weighted by atomic mass is 10.1. The second kappa shape index (κ2) is 8.09. The predicted molar refractivity (Wildman–Crippen MR) is 70.3 cm³/mol. The zero-order valence-corrected chi connectivity index (χ0v) is 10.8. The topological polar surface area (TPSA) is 44.5 Å². The van der Waals surface area contributed by atoms with Crippen LogP contribution in [0.2, 0.25) is 0 Å². The number of rotatable bonds is 8. The fraction of sp³-hybridized carbons (Fsp3) is 0.571. The monoisotopic (exact) mass is 237 g/mol. The summed E-state index contributed by atoms with van der Waals surface area (Å²) in [5.74, 6) is 0.897. The van der Waals surface area contributed by atoms with Gasteiger partial charge in [-0.1, -0.05) is 19.1 Å². The predicted octanol–water partition coefficient (Wildman–Crippen LogP) is 2.90. The Morgan fingerprint density at radius 1 is 1.12 bits per heavy atom. The molecule has 1 aromatic carbocycles. The first kappa shape index (κ1) is 14.0. The van der Waals surface area contributed by atoms with E-state index in [-0.39, 0.29) is 6.04 Å². The van der Waals surface area contributed by atoms with Crippen molar-refractivity contribution in [2.75, 3.05) is 19.8 Å². The highest BCUT2D eigenvalue weighted by Gasteiger charge is 2.02. The van der Waals surface area contributed by atoms with Gasteiger partial charge >= 0.3 is 0 Å². The summed E-state index contributed by atoms with van der Waals surface area (Å²) in [6.45, 7) is 6.30. The summed E-state index contributed by atoms with van der Waals surface area (Å²) in [5.41, 5.74) is 7.10. The third kappa shape index (κ3) is 5.20. The third-order valence-corrected chi connectivity index (χ3v) is 2.65. The van der Waals surface area contributed by atoms with Gasteiger partial charge in [-0.15, -0.1) is 0 Å². The molecule has 0 spiro atoms. The Bertz CT molecular complexity index is 298. The summed E-state index contributed by atoms with van der Waals surface area (Å²) < 4.78 is 10.8. The van der Waals surface area contributed by atoms with Gasteiger partial charge < -0.3 is 15.2 Å². The van der Waals surface area contributed by atoms with Gasteiger partial charge in [-0.2, -0.15) is 0 Å². The van der Waals surface area contributed by atoms with E-state index in [9.17, 15) is 0 Å². The van der Waals surface area contributed by atoms with E-state index in [1.807, 2.05) is 31.2 Å².